The highest BCUT2D eigenvalue weighted by Gasteiger charge is 2.37. The second-order valence-electron chi connectivity index (χ2n) is 6.78. The highest BCUT2D eigenvalue weighted by Crippen LogP contribution is 2.38. The molecular weight excluding hydrogens is 330 g/mol. The van der Waals surface area contributed by atoms with Crippen LogP contribution in [-0.2, 0) is 9.53 Å². The molecule has 0 amide bonds. The fourth-order valence-corrected chi connectivity index (χ4v) is 4.67. The first kappa shape index (κ1) is 17.3. The molecule has 0 spiro atoms. The van der Waals surface area contributed by atoms with E-state index in [9.17, 15) is 4.79 Å². The van der Waals surface area contributed by atoms with Crippen LogP contribution in [0.2, 0.25) is 0 Å². The zero-order valence-corrected chi connectivity index (χ0v) is 15.0. The molecule has 1 aliphatic carbocycles. The number of alkyl halides is 1. The molecule has 0 bridgehead atoms. The lowest BCUT2D eigenvalue weighted by Crippen LogP contribution is -2.50. The Morgan fingerprint density at radius 2 is 1.90 bits per heavy atom. The summed E-state index contributed by atoms with van der Waals surface area (Å²) >= 11 is 3.77. The molecule has 1 heterocycles. The first-order chi connectivity index (χ1) is 10.2. The maximum Gasteiger partial charge on any atom is 0.323 e. The van der Waals surface area contributed by atoms with Gasteiger partial charge in [-0.25, -0.2) is 0 Å². The van der Waals surface area contributed by atoms with E-state index in [0.717, 1.165) is 31.3 Å². The Kier molecular flexibility index (Phi) is 7.00. The Hall–Kier alpha value is -0.0900. The van der Waals surface area contributed by atoms with Gasteiger partial charge in [0.05, 0.1) is 6.61 Å². The molecule has 1 saturated heterocycles. The molecule has 0 aromatic rings. The third kappa shape index (κ3) is 4.69. The molecule has 122 valence electrons. The first-order valence-corrected chi connectivity index (χ1v) is 9.79. The zero-order valence-electron chi connectivity index (χ0n) is 13.4. The number of hydrogen-bond donors (Lipinski definition) is 0. The van der Waals surface area contributed by atoms with Crippen molar-refractivity contribution in [1.29, 1.82) is 0 Å². The molecule has 0 radical (unpaired) electrons. The number of hydrogen-bond acceptors (Lipinski definition) is 3. The van der Waals surface area contributed by atoms with E-state index in [2.05, 4.69) is 20.8 Å². The maximum absolute atomic E-state index is 12.2. The third-order valence-corrected chi connectivity index (χ3v) is 6.35. The van der Waals surface area contributed by atoms with Gasteiger partial charge in [-0.3, -0.25) is 9.69 Å². The molecule has 1 atom stereocenters. The molecule has 2 fully saturated rings. The molecule has 1 unspecified atom stereocenters. The molecule has 0 N–H and O–H groups in total. The zero-order chi connectivity index (χ0) is 15.1. The summed E-state index contributed by atoms with van der Waals surface area (Å²) in [5.41, 5.74) is 0.360. The molecule has 4 heteroatoms. The van der Waals surface area contributed by atoms with Crippen molar-refractivity contribution in [2.75, 3.05) is 25.0 Å². The Balaban J connectivity index is 2.03. The van der Waals surface area contributed by atoms with Gasteiger partial charge in [-0.2, -0.15) is 0 Å². The molecule has 0 aromatic heterocycles. The first-order valence-electron chi connectivity index (χ1n) is 8.67. The van der Waals surface area contributed by atoms with Gasteiger partial charge in [0, 0.05) is 11.9 Å². The average Bonchev–Trinajstić information content (AvgIpc) is 2.74. The van der Waals surface area contributed by atoms with Gasteiger partial charge in [0.25, 0.3) is 0 Å². The highest BCUT2D eigenvalue weighted by atomic mass is 79.9. The van der Waals surface area contributed by atoms with Crippen molar-refractivity contribution in [2.24, 2.45) is 5.41 Å². The van der Waals surface area contributed by atoms with E-state index in [0.29, 0.717) is 12.0 Å². The molecule has 2 rings (SSSR count). The van der Waals surface area contributed by atoms with Crippen LogP contribution in [0.15, 0.2) is 0 Å². The summed E-state index contributed by atoms with van der Waals surface area (Å²) in [5.74, 6) is -0.00413. The largest absolute Gasteiger partial charge is 0.465 e. The fourth-order valence-electron chi connectivity index (χ4n) is 3.93. The number of carbonyl (C=O) groups excluding carboxylic acids is 1. The van der Waals surface area contributed by atoms with E-state index in [1.165, 1.54) is 44.9 Å². The fraction of sp³-hybridized carbons (Fsp3) is 0.941. The Morgan fingerprint density at radius 3 is 2.52 bits per heavy atom. The summed E-state index contributed by atoms with van der Waals surface area (Å²) in [7, 11) is 0. The summed E-state index contributed by atoms with van der Waals surface area (Å²) in [6, 6.07) is -0.00196. The van der Waals surface area contributed by atoms with Gasteiger partial charge in [-0.15, -0.1) is 0 Å². The van der Waals surface area contributed by atoms with Crippen LogP contribution < -0.4 is 0 Å². The number of rotatable bonds is 5. The van der Waals surface area contributed by atoms with Crippen molar-refractivity contribution in [2.45, 2.75) is 70.8 Å². The molecule has 0 aromatic carbocycles. The summed E-state index contributed by atoms with van der Waals surface area (Å²) in [5, 5.41) is 1.06. The van der Waals surface area contributed by atoms with Gasteiger partial charge in [-0.05, 0) is 44.6 Å². The second kappa shape index (κ2) is 8.52. The Labute approximate surface area is 137 Å². The SMILES string of the molecule is CCOC(=O)C1CCCCN1CC1(CBr)CCCCCC1. The van der Waals surface area contributed by atoms with E-state index in [-0.39, 0.29) is 12.0 Å². The van der Waals surface area contributed by atoms with Crippen molar-refractivity contribution in [3.63, 3.8) is 0 Å². The minimum atomic E-state index is -0.00413. The summed E-state index contributed by atoms with van der Waals surface area (Å²) < 4.78 is 5.30. The van der Waals surface area contributed by atoms with Crippen LogP contribution in [-0.4, -0.2) is 41.9 Å². The minimum absolute atomic E-state index is 0.00196. The lowest BCUT2D eigenvalue weighted by atomic mass is 9.81. The van der Waals surface area contributed by atoms with Crippen LogP contribution in [0.1, 0.15) is 64.7 Å². The number of esters is 1. The quantitative estimate of drug-likeness (QED) is 0.419. The van der Waals surface area contributed by atoms with Crippen molar-refractivity contribution >= 4 is 21.9 Å². The van der Waals surface area contributed by atoms with Gasteiger partial charge in [-0.1, -0.05) is 48.0 Å². The van der Waals surface area contributed by atoms with Crippen LogP contribution in [0.5, 0.6) is 0 Å². The lowest BCUT2D eigenvalue weighted by molar-refractivity contribution is -0.151. The van der Waals surface area contributed by atoms with Crippen LogP contribution >= 0.6 is 15.9 Å². The Morgan fingerprint density at radius 1 is 1.19 bits per heavy atom. The summed E-state index contributed by atoms with van der Waals surface area (Å²) in [6.45, 7) is 4.50. The molecule has 1 aliphatic heterocycles. The van der Waals surface area contributed by atoms with Crippen LogP contribution in [0.3, 0.4) is 0 Å². The van der Waals surface area contributed by atoms with Crippen LogP contribution in [0.4, 0.5) is 0 Å². The molecule has 1 saturated carbocycles. The predicted molar refractivity (Wildman–Crippen MR) is 89.8 cm³/mol. The van der Waals surface area contributed by atoms with Crippen molar-refractivity contribution < 1.29 is 9.53 Å². The minimum Gasteiger partial charge on any atom is -0.465 e. The molecule has 21 heavy (non-hydrogen) atoms. The molecule has 3 nitrogen and oxygen atoms in total. The summed E-state index contributed by atoms with van der Waals surface area (Å²) in [6.07, 6.45) is 11.3. The monoisotopic (exact) mass is 359 g/mol. The average molecular weight is 360 g/mol. The lowest BCUT2D eigenvalue weighted by Gasteiger charge is -2.41. The number of carbonyl (C=O) groups is 1. The molecular formula is C17H30BrNO2. The van der Waals surface area contributed by atoms with Gasteiger partial charge < -0.3 is 4.74 Å². The van der Waals surface area contributed by atoms with E-state index in [4.69, 9.17) is 4.74 Å². The van der Waals surface area contributed by atoms with Crippen LogP contribution in [0, 0.1) is 5.41 Å². The molecule has 2 aliphatic rings. The van der Waals surface area contributed by atoms with Gasteiger partial charge in [0.15, 0.2) is 0 Å². The number of likely N-dealkylation sites (tertiary alicyclic amines) is 1. The number of nitrogens with zero attached hydrogens (tertiary/aromatic N) is 1. The smallest absolute Gasteiger partial charge is 0.323 e. The standard InChI is InChI=1S/C17H30BrNO2/c1-2-21-16(20)15-9-5-8-12-19(15)14-17(13-18)10-6-3-4-7-11-17/h15H,2-14H2,1H3. The van der Waals surface area contributed by atoms with Crippen molar-refractivity contribution in [1.82, 2.24) is 4.90 Å². The number of halogens is 1. The van der Waals surface area contributed by atoms with E-state index < -0.39 is 0 Å². The van der Waals surface area contributed by atoms with Crippen LogP contribution in [0.25, 0.3) is 0 Å². The predicted octanol–water partition coefficient (Wildman–Crippen LogP) is 4.14. The second-order valence-corrected chi connectivity index (χ2v) is 7.34. The normalized spacial score (nSPS) is 27.0. The summed E-state index contributed by atoms with van der Waals surface area (Å²) in [4.78, 5) is 14.7. The van der Waals surface area contributed by atoms with Gasteiger partial charge in [0.1, 0.15) is 6.04 Å². The number of piperidine rings is 1. The third-order valence-electron chi connectivity index (χ3n) is 5.16. The van der Waals surface area contributed by atoms with Gasteiger partial charge >= 0.3 is 5.97 Å². The maximum atomic E-state index is 12.2. The van der Waals surface area contributed by atoms with Crippen molar-refractivity contribution in [3.05, 3.63) is 0 Å². The topological polar surface area (TPSA) is 29.5 Å². The highest BCUT2D eigenvalue weighted by molar-refractivity contribution is 9.09. The Bertz CT molecular complexity index is 327. The van der Waals surface area contributed by atoms with E-state index in [1.807, 2.05) is 6.92 Å². The van der Waals surface area contributed by atoms with Crippen molar-refractivity contribution in [3.8, 4) is 0 Å². The van der Waals surface area contributed by atoms with E-state index >= 15 is 0 Å². The van der Waals surface area contributed by atoms with E-state index in [1.54, 1.807) is 0 Å². The number of ether oxygens (including phenoxy) is 1. The van der Waals surface area contributed by atoms with Gasteiger partial charge in [0.2, 0.25) is 0 Å².